The Morgan fingerprint density at radius 1 is 1.03 bits per heavy atom. The Balaban J connectivity index is 1.39. The van der Waals surface area contributed by atoms with E-state index in [0.717, 1.165) is 5.16 Å². The highest BCUT2D eigenvalue weighted by Crippen LogP contribution is 2.27. The lowest BCUT2D eigenvalue weighted by Crippen LogP contribution is -2.33. The van der Waals surface area contributed by atoms with E-state index >= 15 is 0 Å². The normalized spacial score (nSPS) is 13.7. The minimum absolute atomic E-state index is 0.0865. The second-order valence-corrected chi connectivity index (χ2v) is 10.1. The molecule has 0 saturated carbocycles. The number of imide groups is 1. The molecule has 9 nitrogen and oxygen atoms in total. The van der Waals surface area contributed by atoms with Crippen LogP contribution in [0, 0.1) is 5.92 Å². The van der Waals surface area contributed by atoms with Crippen LogP contribution in [0.3, 0.4) is 0 Å². The minimum Gasteiger partial charge on any atom is -0.497 e. The van der Waals surface area contributed by atoms with Gasteiger partial charge in [0.1, 0.15) is 5.75 Å². The van der Waals surface area contributed by atoms with E-state index in [-0.39, 0.29) is 29.7 Å². The quantitative estimate of drug-likeness (QED) is 0.229. The summed E-state index contributed by atoms with van der Waals surface area (Å²) in [4.78, 5) is 39.4. The molecule has 3 amide bonds. The van der Waals surface area contributed by atoms with E-state index in [2.05, 4.69) is 15.5 Å². The highest BCUT2D eigenvalue weighted by atomic mass is 32.2. The number of ether oxygens (including phenoxy) is 1. The Hall–Kier alpha value is -3.66. The maximum absolute atomic E-state index is 12.9. The molecule has 0 saturated heterocycles. The van der Waals surface area contributed by atoms with Crippen LogP contribution in [0.2, 0.25) is 0 Å². The molecule has 0 spiro atoms. The summed E-state index contributed by atoms with van der Waals surface area (Å²) >= 11 is 1.52. The van der Waals surface area contributed by atoms with E-state index in [9.17, 15) is 14.4 Å². The van der Waals surface area contributed by atoms with Gasteiger partial charge < -0.3 is 14.6 Å². The third kappa shape index (κ3) is 5.53. The van der Waals surface area contributed by atoms with Gasteiger partial charge in [0.2, 0.25) is 0 Å². The van der Waals surface area contributed by atoms with Gasteiger partial charge in [-0.25, -0.2) is 0 Å². The number of hydrogen-bond acceptors (Lipinski definition) is 7. The van der Waals surface area contributed by atoms with Crippen molar-refractivity contribution in [1.82, 2.24) is 25.0 Å². The summed E-state index contributed by atoms with van der Waals surface area (Å²) in [6.45, 7) is 7.06. The number of methoxy groups -OCH3 is 1. The standard InChI is InChI=1S/C27H31N5O4S/c1-5-31-23(22(17(2)3)28-24(33)18-11-13-19(36-4)14-12-18)29-30-27(31)37-16-8-15-32-25(34)20-9-6-7-10-21(20)26(32)35/h6-7,9-14,17,22H,5,8,15-16H2,1-4H3,(H,28,33). The lowest BCUT2D eigenvalue weighted by Gasteiger charge is -2.22. The molecule has 0 aliphatic carbocycles. The minimum atomic E-state index is -0.324. The largest absolute Gasteiger partial charge is 0.497 e. The Morgan fingerprint density at radius 3 is 2.24 bits per heavy atom. The summed E-state index contributed by atoms with van der Waals surface area (Å²) in [7, 11) is 1.58. The zero-order valence-electron chi connectivity index (χ0n) is 21.4. The van der Waals surface area contributed by atoms with Crippen LogP contribution < -0.4 is 10.1 Å². The smallest absolute Gasteiger partial charge is 0.261 e. The van der Waals surface area contributed by atoms with Crippen molar-refractivity contribution in [3.05, 3.63) is 71.0 Å². The van der Waals surface area contributed by atoms with Crippen molar-refractivity contribution in [3.8, 4) is 5.75 Å². The van der Waals surface area contributed by atoms with Crippen molar-refractivity contribution in [2.75, 3.05) is 19.4 Å². The van der Waals surface area contributed by atoms with E-state index in [1.165, 1.54) is 16.7 Å². The van der Waals surface area contributed by atoms with E-state index in [1.54, 1.807) is 55.6 Å². The molecule has 37 heavy (non-hydrogen) atoms. The molecule has 3 aromatic rings. The molecule has 0 bridgehead atoms. The number of thioether (sulfide) groups is 1. The van der Waals surface area contributed by atoms with Crippen molar-refractivity contribution in [2.45, 2.75) is 44.9 Å². The molecule has 2 heterocycles. The molecular weight excluding hydrogens is 490 g/mol. The molecule has 0 fully saturated rings. The summed E-state index contributed by atoms with van der Waals surface area (Å²) in [5.74, 6) is 1.46. The van der Waals surface area contributed by atoms with Crippen molar-refractivity contribution in [1.29, 1.82) is 0 Å². The second kappa shape index (κ2) is 11.6. The molecule has 1 N–H and O–H groups in total. The molecular formula is C27H31N5O4S. The maximum Gasteiger partial charge on any atom is 0.261 e. The SMILES string of the molecule is CCn1c(SCCCN2C(=O)c3ccccc3C2=O)nnc1C(NC(=O)c1ccc(OC)cc1)C(C)C. The molecule has 4 rings (SSSR count). The number of nitrogens with one attached hydrogen (secondary N) is 1. The van der Waals surface area contributed by atoms with Crippen LogP contribution in [0.4, 0.5) is 0 Å². The third-order valence-electron chi connectivity index (χ3n) is 6.28. The number of carbonyl (C=O) groups excluding carboxylic acids is 3. The fourth-order valence-electron chi connectivity index (χ4n) is 4.26. The van der Waals surface area contributed by atoms with Crippen molar-refractivity contribution < 1.29 is 19.1 Å². The first-order valence-corrected chi connectivity index (χ1v) is 13.3. The van der Waals surface area contributed by atoms with Gasteiger partial charge in [-0.1, -0.05) is 37.7 Å². The monoisotopic (exact) mass is 521 g/mol. The van der Waals surface area contributed by atoms with Crippen LogP contribution >= 0.6 is 11.8 Å². The Kier molecular flexibility index (Phi) is 8.27. The fraction of sp³-hybridized carbons (Fsp3) is 0.370. The predicted molar refractivity (Wildman–Crippen MR) is 141 cm³/mol. The summed E-state index contributed by atoms with van der Waals surface area (Å²) in [5.41, 5.74) is 1.47. The van der Waals surface area contributed by atoms with Crippen LogP contribution in [0.15, 0.2) is 53.7 Å². The van der Waals surface area contributed by atoms with E-state index in [0.29, 0.717) is 53.5 Å². The molecule has 10 heteroatoms. The lowest BCUT2D eigenvalue weighted by molar-refractivity contribution is 0.0654. The lowest BCUT2D eigenvalue weighted by atomic mass is 10.0. The van der Waals surface area contributed by atoms with E-state index < -0.39 is 0 Å². The summed E-state index contributed by atoms with van der Waals surface area (Å²) in [6, 6.07) is 13.6. The Morgan fingerprint density at radius 2 is 1.68 bits per heavy atom. The van der Waals surface area contributed by atoms with Gasteiger partial charge >= 0.3 is 0 Å². The number of fused-ring (bicyclic) bond motifs is 1. The van der Waals surface area contributed by atoms with Crippen molar-refractivity contribution in [2.24, 2.45) is 5.92 Å². The second-order valence-electron chi connectivity index (χ2n) is 9.02. The average molecular weight is 522 g/mol. The third-order valence-corrected chi connectivity index (χ3v) is 7.33. The summed E-state index contributed by atoms with van der Waals surface area (Å²) in [5, 5.41) is 12.7. The number of aromatic nitrogens is 3. The highest BCUT2D eigenvalue weighted by Gasteiger charge is 2.34. The van der Waals surface area contributed by atoms with Gasteiger partial charge in [-0.15, -0.1) is 10.2 Å². The zero-order valence-corrected chi connectivity index (χ0v) is 22.2. The van der Waals surface area contributed by atoms with Crippen molar-refractivity contribution >= 4 is 29.5 Å². The first-order chi connectivity index (χ1) is 17.8. The summed E-state index contributed by atoms with van der Waals surface area (Å²) < 4.78 is 7.18. The topological polar surface area (TPSA) is 106 Å². The van der Waals surface area contributed by atoms with Crippen LogP contribution in [0.1, 0.15) is 70.1 Å². The molecule has 1 aliphatic heterocycles. The molecule has 1 unspecified atom stereocenters. The predicted octanol–water partition coefficient (Wildman–Crippen LogP) is 4.21. The zero-order chi connectivity index (χ0) is 26.5. The number of carbonyl (C=O) groups is 3. The van der Waals surface area contributed by atoms with Gasteiger partial charge in [0.25, 0.3) is 17.7 Å². The van der Waals surface area contributed by atoms with Gasteiger partial charge in [-0.2, -0.15) is 0 Å². The first kappa shape index (κ1) is 26.4. The van der Waals surface area contributed by atoms with Crippen molar-refractivity contribution in [3.63, 3.8) is 0 Å². The highest BCUT2D eigenvalue weighted by molar-refractivity contribution is 7.99. The van der Waals surface area contributed by atoms with E-state index in [4.69, 9.17) is 4.74 Å². The molecule has 0 radical (unpaired) electrons. The van der Waals surface area contributed by atoms with Gasteiger partial charge in [0.15, 0.2) is 11.0 Å². The fourth-order valence-corrected chi connectivity index (χ4v) is 5.19. The van der Waals surface area contributed by atoms with Crippen LogP contribution in [0.5, 0.6) is 5.75 Å². The number of amides is 3. The molecule has 194 valence electrons. The van der Waals surface area contributed by atoms with Crippen LogP contribution in [-0.4, -0.2) is 56.8 Å². The molecule has 1 atom stereocenters. The number of rotatable bonds is 11. The Labute approximate surface area is 220 Å². The van der Waals surface area contributed by atoms with Crippen LogP contribution in [-0.2, 0) is 6.54 Å². The van der Waals surface area contributed by atoms with Gasteiger partial charge in [0, 0.05) is 24.4 Å². The first-order valence-electron chi connectivity index (χ1n) is 12.3. The Bertz CT molecular complexity index is 1250. The van der Waals surface area contributed by atoms with Gasteiger partial charge in [-0.3, -0.25) is 19.3 Å². The molecule has 2 aromatic carbocycles. The number of benzene rings is 2. The van der Waals surface area contributed by atoms with E-state index in [1.807, 2.05) is 25.3 Å². The van der Waals surface area contributed by atoms with Crippen LogP contribution in [0.25, 0.3) is 0 Å². The molecule has 1 aromatic heterocycles. The number of nitrogens with zero attached hydrogens (tertiary/aromatic N) is 4. The van der Waals surface area contributed by atoms with Gasteiger partial charge in [0.05, 0.1) is 24.3 Å². The average Bonchev–Trinajstić information content (AvgIpc) is 3.43. The number of hydrogen-bond donors (Lipinski definition) is 1. The molecule has 1 aliphatic rings. The van der Waals surface area contributed by atoms with Gasteiger partial charge in [-0.05, 0) is 55.7 Å². The maximum atomic E-state index is 12.9. The summed E-state index contributed by atoms with van der Waals surface area (Å²) in [6.07, 6.45) is 0.629.